The molecule has 0 radical (unpaired) electrons. The second-order valence-corrected chi connectivity index (χ2v) is 10.8. The van der Waals surface area contributed by atoms with Crippen LogP contribution in [0.2, 0.25) is 0 Å². The van der Waals surface area contributed by atoms with Gasteiger partial charge in [-0.05, 0) is 24.6 Å². The van der Waals surface area contributed by atoms with Gasteiger partial charge in [-0.25, -0.2) is 4.79 Å². The van der Waals surface area contributed by atoms with Crippen LogP contribution < -0.4 is 24.7 Å². The number of rotatable bonds is 19. The Bertz CT molecular complexity index is 1090. The Morgan fingerprint density at radius 1 is 0.846 bits per heavy atom. The van der Waals surface area contributed by atoms with E-state index < -0.39 is 0 Å². The number of carbonyl (C=O) groups is 1. The van der Waals surface area contributed by atoms with Crippen LogP contribution in [-0.2, 0) is 6.54 Å². The van der Waals surface area contributed by atoms with E-state index in [-0.39, 0.29) is 6.03 Å². The molecule has 2 aromatic carbocycles. The molecule has 2 amide bonds. The summed E-state index contributed by atoms with van der Waals surface area (Å²) < 4.78 is 13.6. The minimum absolute atomic E-state index is 0.301. The van der Waals surface area contributed by atoms with E-state index in [0.717, 1.165) is 17.7 Å². The maximum absolute atomic E-state index is 12.7. The number of urea groups is 1. The highest BCUT2D eigenvalue weighted by atomic mass is 32.1. The number of anilines is 2. The Morgan fingerprint density at radius 2 is 1.54 bits per heavy atom. The summed E-state index contributed by atoms with van der Waals surface area (Å²) in [7, 11) is 1.62. The lowest BCUT2D eigenvalue weighted by Crippen LogP contribution is -2.31. The fourth-order valence-corrected chi connectivity index (χ4v) is 5.20. The van der Waals surface area contributed by atoms with Crippen molar-refractivity contribution in [3.63, 3.8) is 0 Å². The molecule has 2 N–H and O–H groups in total. The number of para-hydroxylation sites is 1. The molecule has 0 fully saturated rings. The van der Waals surface area contributed by atoms with Gasteiger partial charge >= 0.3 is 6.03 Å². The summed E-state index contributed by atoms with van der Waals surface area (Å²) in [6.07, 6.45) is 17.9. The fourth-order valence-electron chi connectivity index (χ4n) is 4.60. The number of aromatic nitrogens is 1. The van der Waals surface area contributed by atoms with E-state index in [1.165, 1.54) is 70.6 Å². The van der Waals surface area contributed by atoms with Crippen molar-refractivity contribution in [2.45, 2.75) is 90.5 Å². The molecular formula is C32H46N3O3S+. The van der Waals surface area contributed by atoms with Gasteiger partial charge in [-0.1, -0.05) is 107 Å². The van der Waals surface area contributed by atoms with Gasteiger partial charge in [-0.15, -0.1) is 0 Å². The third kappa shape index (κ3) is 11.7. The van der Waals surface area contributed by atoms with Gasteiger partial charge in [-0.2, -0.15) is 4.57 Å². The second-order valence-electron chi connectivity index (χ2n) is 10.0. The zero-order valence-electron chi connectivity index (χ0n) is 23.8. The lowest BCUT2D eigenvalue weighted by atomic mass is 10.1. The van der Waals surface area contributed by atoms with Gasteiger partial charge in [-0.3, -0.25) is 0 Å². The van der Waals surface area contributed by atoms with E-state index in [0.29, 0.717) is 30.3 Å². The maximum atomic E-state index is 12.7. The topological polar surface area (TPSA) is 63.5 Å². The first-order chi connectivity index (χ1) is 19.2. The van der Waals surface area contributed by atoms with Crippen molar-refractivity contribution in [2.75, 3.05) is 24.4 Å². The first-order valence-corrected chi connectivity index (χ1v) is 15.5. The average molecular weight is 553 g/mol. The number of thiazole rings is 1. The van der Waals surface area contributed by atoms with E-state index >= 15 is 0 Å². The molecule has 0 bridgehead atoms. The number of unbranched alkanes of at least 4 members (excludes halogenated alkanes) is 11. The average Bonchev–Trinajstić information content (AvgIpc) is 3.46. The summed E-state index contributed by atoms with van der Waals surface area (Å²) in [5, 5.41) is 7.91. The Kier molecular flexibility index (Phi) is 14.3. The van der Waals surface area contributed by atoms with Crippen molar-refractivity contribution in [3.05, 3.63) is 65.1 Å². The molecule has 0 saturated heterocycles. The van der Waals surface area contributed by atoms with Gasteiger partial charge in [0.1, 0.15) is 0 Å². The molecule has 7 heteroatoms. The Labute approximate surface area is 238 Å². The quantitative estimate of drug-likeness (QED) is 0.115. The molecule has 212 valence electrons. The number of nitrogens with one attached hydrogen (secondary N) is 2. The highest BCUT2D eigenvalue weighted by Gasteiger charge is 2.12. The number of hydrogen-bond acceptors (Lipinski definition) is 4. The summed E-state index contributed by atoms with van der Waals surface area (Å²) in [4.78, 5) is 12.7. The van der Waals surface area contributed by atoms with E-state index in [1.54, 1.807) is 24.5 Å². The molecule has 0 unspecified atom stereocenters. The Morgan fingerprint density at radius 3 is 2.21 bits per heavy atom. The third-order valence-electron chi connectivity index (χ3n) is 6.82. The molecule has 3 aromatic rings. The first kappa shape index (κ1) is 30.5. The molecule has 0 atom stereocenters. The molecule has 3 rings (SSSR count). The van der Waals surface area contributed by atoms with Gasteiger partial charge in [0.15, 0.2) is 24.2 Å². The molecule has 0 aliphatic rings. The van der Waals surface area contributed by atoms with E-state index in [1.807, 2.05) is 53.5 Å². The molecule has 0 spiro atoms. The minimum atomic E-state index is -0.301. The summed E-state index contributed by atoms with van der Waals surface area (Å²) in [6, 6.07) is 13.0. The van der Waals surface area contributed by atoms with Gasteiger partial charge in [0.2, 0.25) is 5.51 Å². The monoisotopic (exact) mass is 552 g/mol. The number of nitrogens with zero attached hydrogens (tertiary/aromatic N) is 1. The fraction of sp³-hybridized carbons (Fsp3) is 0.500. The predicted octanol–water partition coefficient (Wildman–Crippen LogP) is 8.82. The van der Waals surface area contributed by atoms with Crippen molar-refractivity contribution in [1.29, 1.82) is 0 Å². The third-order valence-corrected chi connectivity index (χ3v) is 7.49. The molecule has 0 saturated carbocycles. The lowest BCUT2D eigenvalue weighted by molar-refractivity contribution is -0.683. The zero-order chi connectivity index (χ0) is 27.5. The van der Waals surface area contributed by atoms with E-state index in [4.69, 9.17) is 9.47 Å². The standard InChI is InChI=1S/C32H45N3O3S/c1-3-4-5-6-7-8-9-10-11-12-13-16-22-38-30-20-19-28(24-31(30)37-2)33-32(36)34-29-18-15-14-17-27(29)25-35-21-23-39-26-35/h14-15,17-21,23-24,26H,3-13,16,22,25H2,1-2H3,(H-,33,34,36)/p+1. The summed E-state index contributed by atoms with van der Waals surface area (Å²) in [5.74, 6) is 1.31. The van der Waals surface area contributed by atoms with Crippen LogP contribution in [0.25, 0.3) is 0 Å². The van der Waals surface area contributed by atoms with E-state index in [9.17, 15) is 4.79 Å². The molecule has 1 aromatic heterocycles. The normalized spacial score (nSPS) is 10.8. The smallest absolute Gasteiger partial charge is 0.323 e. The van der Waals surface area contributed by atoms with Crippen LogP contribution in [0.1, 0.15) is 89.5 Å². The summed E-state index contributed by atoms with van der Waals surface area (Å²) >= 11 is 1.64. The molecule has 0 aliphatic heterocycles. The SMILES string of the molecule is CCCCCCCCCCCCCCOc1ccc(NC(=O)Nc2ccccc2C[n+]2ccsc2)cc1OC. The number of ether oxygens (including phenoxy) is 2. The van der Waals surface area contributed by atoms with E-state index in [2.05, 4.69) is 22.1 Å². The predicted molar refractivity (Wildman–Crippen MR) is 162 cm³/mol. The van der Waals surface area contributed by atoms with Crippen LogP contribution in [0.3, 0.4) is 0 Å². The van der Waals surface area contributed by atoms with Crippen LogP contribution in [0.5, 0.6) is 11.5 Å². The number of amides is 2. The number of methoxy groups -OCH3 is 1. The van der Waals surface area contributed by atoms with Gasteiger partial charge < -0.3 is 20.1 Å². The molecule has 1 heterocycles. The van der Waals surface area contributed by atoms with Crippen LogP contribution in [0.15, 0.2) is 59.6 Å². The molecule has 0 aliphatic carbocycles. The highest BCUT2D eigenvalue weighted by Crippen LogP contribution is 2.30. The molecule has 6 nitrogen and oxygen atoms in total. The lowest BCUT2D eigenvalue weighted by Gasteiger charge is -2.14. The summed E-state index contributed by atoms with van der Waals surface area (Å²) in [5.41, 5.74) is 4.51. The highest BCUT2D eigenvalue weighted by molar-refractivity contribution is 7.07. The van der Waals surface area contributed by atoms with Gasteiger partial charge in [0, 0.05) is 17.3 Å². The van der Waals surface area contributed by atoms with Crippen molar-refractivity contribution in [2.24, 2.45) is 0 Å². The van der Waals surface area contributed by atoms with Crippen LogP contribution >= 0.6 is 11.3 Å². The largest absolute Gasteiger partial charge is 0.493 e. The first-order valence-electron chi connectivity index (χ1n) is 14.6. The molecular weight excluding hydrogens is 506 g/mol. The number of benzene rings is 2. The summed E-state index contributed by atoms with van der Waals surface area (Å²) in [6.45, 7) is 3.63. The van der Waals surface area contributed by atoms with Crippen LogP contribution in [-0.4, -0.2) is 19.7 Å². The zero-order valence-corrected chi connectivity index (χ0v) is 24.6. The number of hydrogen-bond donors (Lipinski definition) is 2. The maximum Gasteiger partial charge on any atom is 0.323 e. The Hall–Kier alpha value is -3.06. The van der Waals surface area contributed by atoms with Crippen molar-refractivity contribution < 1.29 is 18.8 Å². The minimum Gasteiger partial charge on any atom is -0.493 e. The van der Waals surface area contributed by atoms with Crippen LogP contribution in [0.4, 0.5) is 16.2 Å². The van der Waals surface area contributed by atoms with Crippen molar-refractivity contribution in [1.82, 2.24) is 0 Å². The van der Waals surface area contributed by atoms with Crippen molar-refractivity contribution >= 4 is 28.7 Å². The van der Waals surface area contributed by atoms with Crippen LogP contribution in [0, 0.1) is 0 Å². The second kappa shape index (κ2) is 18.3. The van der Waals surface area contributed by atoms with Gasteiger partial charge in [0.05, 0.1) is 24.8 Å². The Balaban J connectivity index is 1.35. The molecule has 39 heavy (non-hydrogen) atoms. The van der Waals surface area contributed by atoms with Gasteiger partial charge in [0.25, 0.3) is 0 Å². The number of carbonyl (C=O) groups excluding carboxylic acids is 1. The van der Waals surface area contributed by atoms with Crippen molar-refractivity contribution in [3.8, 4) is 11.5 Å².